The summed E-state index contributed by atoms with van der Waals surface area (Å²) in [4.78, 5) is 9.27. The lowest BCUT2D eigenvalue weighted by atomic mass is 9.98. The Balaban J connectivity index is 1.29. The fourth-order valence-corrected chi connectivity index (χ4v) is 4.58. The van der Waals surface area contributed by atoms with Crippen molar-refractivity contribution in [1.29, 1.82) is 0 Å². The van der Waals surface area contributed by atoms with Gasteiger partial charge in [-0.05, 0) is 41.0 Å². The van der Waals surface area contributed by atoms with Gasteiger partial charge < -0.3 is 4.57 Å². The first-order valence-corrected chi connectivity index (χ1v) is 11.8. The highest BCUT2D eigenvalue weighted by Gasteiger charge is 2.29. The largest absolute Gasteiger partial charge is 0.311 e. The fraction of sp³-hybridized carbons (Fsp3) is 0.100. The summed E-state index contributed by atoms with van der Waals surface area (Å²) in [5.41, 5.74) is 7.63. The molecular formula is C30H25N5. The van der Waals surface area contributed by atoms with Crippen molar-refractivity contribution in [3.63, 3.8) is 0 Å². The van der Waals surface area contributed by atoms with E-state index >= 15 is 0 Å². The molecule has 5 nitrogen and oxygen atoms in total. The third kappa shape index (κ3) is 4.13. The molecule has 2 heterocycles. The summed E-state index contributed by atoms with van der Waals surface area (Å²) in [7, 11) is 1.99. The van der Waals surface area contributed by atoms with Crippen molar-refractivity contribution in [2.24, 2.45) is 17.1 Å². The summed E-state index contributed by atoms with van der Waals surface area (Å²) >= 11 is 0. The number of anilines is 1. The van der Waals surface area contributed by atoms with Crippen LogP contribution < -0.4 is 5.01 Å². The first-order chi connectivity index (χ1) is 17.3. The van der Waals surface area contributed by atoms with Crippen LogP contribution >= 0.6 is 0 Å². The van der Waals surface area contributed by atoms with E-state index in [2.05, 4.69) is 99.9 Å². The van der Waals surface area contributed by atoms with E-state index in [1.54, 1.807) is 0 Å². The van der Waals surface area contributed by atoms with Gasteiger partial charge in [0.2, 0.25) is 5.95 Å². The molecule has 35 heavy (non-hydrogen) atoms. The van der Waals surface area contributed by atoms with Crippen LogP contribution in [0.1, 0.15) is 29.2 Å². The molecule has 1 aliphatic heterocycles. The quantitative estimate of drug-likeness (QED) is 0.278. The molecule has 0 saturated heterocycles. The first kappa shape index (κ1) is 21.1. The Bertz CT molecular complexity index is 1520. The van der Waals surface area contributed by atoms with E-state index < -0.39 is 0 Å². The summed E-state index contributed by atoms with van der Waals surface area (Å²) in [5, 5.41) is 7.19. The summed E-state index contributed by atoms with van der Waals surface area (Å²) in [6.45, 7) is 0. The third-order valence-electron chi connectivity index (χ3n) is 6.45. The van der Waals surface area contributed by atoms with Crippen LogP contribution in [0, 0.1) is 0 Å². The Morgan fingerprint density at radius 1 is 0.800 bits per heavy atom. The van der Waals surface area contributed by atoms with Crippen LogP contribution in [0.2, 0.25) is 0 Å². The van der Waals surface area contributed by atoms with Crippen molar-refractivity contribution < 1.29 is 0 Å². The predicted octanol–water partition coefficient (Wildman–Crippen LogP) is 6.68. The lowest BCUT2D eigenvalue weighted by molar-refractivity contribution is 0.709. The predicted molar refractivity (Wildman–Crippen MR) is 144 cm³/mol. The van der Waals surface area contributed by atoms with Crippen LogP contribution in [0.5, 0.6) is 0 Å². The summed E-state index contributed by atoms with van der Waals surface area (Å²) in [5.74, 6) is 0.691. The summed E-state index contributed by atoms with van der Waals surface area (Å²) < 4.78 is 2.01. The van der Waals surface area contributed by atoms with Crippen LogP contribution in [-0.2, 0) is 7.05 Å². The van der Waals surface area contributed by atoms with Gasteiger partial charge in [0.1, 0.15) is 0 Å². The molecule has 6 rings (SSSR count). The van der Waals surface area contributed by atoms with E-state index in [0.717, 1.165) is 34.4 Å². The molecule has 1 aromatic heterocycles. The number of aromatic nitrogens is 2. The van der Waals surface area contributed by atoms with E-state index in [-0.39, 0.29) is 6.04 Å². The molecule has 0 radical (unpaired) electrons. The molecule has 0 unspecified atom stereocenters. The van der Waals surface area contributed by atoms with Crippen molar-refractivity contribution in [2.45, 2.75) is 12.5 Å². The van der Waals surface area contributed by atoms with Gasteiger partial charge >= 0.3 is 0 Å². The van der Waals surface area contributed by atoms with Gasteiger partial charge in [-0.3, -0.25) is 5.01 Å². The highest BCUT2D eigenvalue weighted by atomic mass is 15.5. The Hall–Kier alpha value is -4.51. The zero-order valence-corrected chi connectivity index (χ0v) is 19.5. The number of nitrogens with zero attached hydrogens (tertiary/aromatic N) is 5. The monoisotopic (exact) mass is 455 g/mol. The average molecular weight is 456 g/mol. The smallest absolute Gasteiger partial charge is 0.230 e. The van der Waals surface area contributed by atoms with Gasteiger partial charge in [-0.1, -0.05) is 84.9 Å². The second kappa shape index (κ2) is 9.03. The number of fused-ring (bicyclic) bond motifs is 1. The van der Waals surface area contributed by atoms with Gasteiger partial charge in [-0.25, -0.2) is 9.98 Å². The van der Waals surface area contributed by atoms with E-state index in [0.29, 0.717) is 5.95 Å². The van der Waals surface area contributed by atoms with E-state index in [4.69, 9.17) is 5.10 Å². The molecule has 1 atom stereocenters. The van der Waals surface area contributed by atoms with Crippen molar-refractivity contribution in [1.82, 2.24) is 9.55 Å². The molecule has 5 aromatic rings. The molecule has 0 spiro atoms. The number of benzene rings is 4. The number of rotatable bonds is 5. The van der Waals surface area contributed by atoms with Crippen LogP contribution in [0.3, 0.4) is 0 Å². The van der Waals surface area contributed by atoms with Crippen molar-refractivity contribution in [3.05, 3.63) is 126 Å². The molecule has 0 amide bonds. The van der Waals surface area contributed by atoms with Gasteiger partial charge in [0.15, 0.2) is 0 Å². The maximum atomic E-state index is 5.05. The number of hydrogen-bond donors (Lipinski definition) is 0. The van der Waals surface area contributed by atoms with Gasteiger partial charge in [-0.2, -0.15) is 5.10 Å². The molecule has 170 valence electrons. The SMILES string of the molecule is Cn1c(N=Cc2ccc(N3N=C(c4ccccc4)C[C@H]3c3ccccc3)cc2)nc2ccccc21. The number of hydrazone groups is 1. The lowest BCUT2D eigenvalue weighted by Gasteiger charge is -2.24. The Labute approximate surface area is 204 Å². The molecule has 0 bridgehead atoms. The van der Waals surface area contributed by atoms with Gasteiger partial charge in [0, 0.05) is 19.7 Å². The van der Waals surface area contributed by atoms with E-state index in [9.17, 15) is 0 Å². The maximum Gasteiger partial charge on any atom is 0.230 e. The molecule has 0 fully saturated rings. The number of hydrogen-bond acceptors (Lipinski definition) is 4. The van der Waals surface area contributed by atoms with Crippen molar-refractivity contribution in [2.75, 3.05) is 5.01 Å². The molecule has 4 aromatic carbocycles. The molecule has 5 heteroatoms. The summed E-state index contributed by atoms with van der Waals surface area (Å²) in [6.07, 6.45) is 2.73. The van der Waals surface area contributed by atoms with Crippen LogP contribution in [0.15, 0.2) is 119 Å². The topological polar surface area (TPSA) is 45.8 Å². The molecule has 0 saturated carbocycles. The highest BCUT2D eigenvalue weighted by Crippen LogP contribution is 2.36. The molecule has 1 aliphatic rings. The van der Waals surface area contributed by atoms with Gasteiger partial charge in [0.25, 0.3) is 0 Å². The normalized spacial score (nSPS) is 15.7. The number of aryl methyl sites for hydroxylation is 1. The number of imidazole rings is 1. The first-order valence-electron chi connectivity index (χ1n) is 11.8. The van der Waals surface area contributed by atoms with Crippen molar-refractivity contribution >= 4 is 34.6 Å². The van der Waals surface area contributed by atoms with Crippen LogP contribution in [0.4, 0.5) is 11.6 Å². The third-order valence-corrected chi connectivity index (χ3v) is 6.45. The second-order valence-corrected chi connectivity index (χ2v) is 8.70. The molecular weight excluding hydrogens is 430 g/mol. The molecule has 0 N–H and O–H groups in total. The minimum Gasteiger partial charge on any atom is -0.311 e. The zero-order valence-electron chi connectivity index (χ0n) is 19.5. The summed E-state index contributed by atoms with van der Waals surface area (Å²) in [6, 6.07) is 37.7. The van der Waals surface area contributed by atoms with Gasteiger partial charge in [-0.15, -0.1) is 0 Å². The molecule has 0 aliphatic carbocycles. The zero-order chi connectivity index (χ0) is 23.6. The Morgan fingerprint density at radius 2 is 1.49 bits per heavy atom. The average Bonchev–Trinajstić information content (AvgIpc) is 3.51. The minimum atomic E-state index is 0.158. The maximum absolute atomic E-state index is 5.05. The standard InChI is InChI=1S/C30H25N5/c1-34-28-15-9-8-14-26(28)32-30(34)31-21-22-16-18-25(19-17-22)35-29(24-12-6-3-7-13-24)20-27(33-35)23-10-4-2-5-11-23/h2-19,21,29H,20H2,1H3/t29-/m0/s1. The Kier molecular flexibility index (Phi) is 5.43. The van der Waals surface area contributed by atoms with E-state index in [1.165, 1.54) is 11.1 Å². The van der Waals surface area contributed by atoms with Crippen molar-refractivity contribution in [3.8, 4) is 0 Å². The van der Waals surface area contributed by atoms with Crippen LogP contribution in [0.25, 0.3) is 11.0 Å². The van der Waals surface area contributed by atoms with Crippen LogP contribution in [-0.4, -0.2) is 21.5 Å². The minimum absolute atomic E-state index is 0.158. The number of aliphatic imine (C=N–C) groups is 1. The second-order valence-electron chi connectivity index (χ2n) is 8.70. The lowest BCUT2D eigenvalue weighted by Crippen LogP contribution is -2.18. The number of para-hydroxylation sites is 2. The van der Waals surface area contributed by atoms with E-state index in [1.807, 2.05) is 42.1 Å². The fourth-order valence-electron chi connectivity index (χ4n) is 4.58. The van der Waals surface area contributed by atoms with Gasteiger partial charge in [0.05, 0.1) is 28.5 Å². The Morgan fingerprint density at radius 3 is 2.23 bits per heavy atom. The highest BCUT2D eigenvalue weighted by molar-refractivity contribution is 6.03.